The third-order valence-corrected chi connectivity index (χ3v) is 6.82. The largest absolute Gasteiger partial charge is 0.338 e. The first-order valence-electron chi connectivity index (χ1n) is 11.4. The Morgan fingerprint density at radius 1 is 0.935 bits per heavy atom. The molecule has 1 amide bonds. The normalized spacial score (nSPS) is 23.3. The number of hydrogen-bond donors (Lipinski definition) is 0. The summed E-state index contributed by atoms with van der Waals surface area (Å²) in [7, 11) is 0. The van der Waals surface area contributed by atoms with Gasteiger partial charge in [-0.25, -0.2) is 0 Å². The lowest BCUT2D eigenvalue weighted by Crippen LogP contribution is -2.53. The monoisotopic (exact) mass is 420 g/mol. The molecule has 0 aliphatic carbocycles. The van der Waals surface area contributed by atoms with Crippen molar-refractivity contribution in [2.45, 2.75) is 38.9 Å². The van der Waals surface area contributed by atoms with Gasteiger partial charge in [-0.3, -0.25) is 14.6 Å². The first-order valence-corrected chi connectivity index (χ1v) is 11.4. The van der Waals surface area contributed by atoms with E-state index in [1.165, 1.54) is 5.56 Å². The lowest BCUT2D eigenvalue weighted by atomic mass is 9.90. The van der Waals surface area contributed by atoms with Crippen LogP contribution in [0.4, 0.5) is 5.69 Å². The van der Waals surface area contributed by atoms with Gasteiger partial charge in [0, 0.05) is 24.1 Å². The molecule has 0 atom stereocenters. The molecule has 5 rings (SSSR count). The van der Waals surface area contributed by atoms with E-state index >= 15 is 0 Å². The highest BCUT2D eigenvalue weighted by molar-refractivity contribution is 6.06. The molecule has 3 aliphatic rings. The van der Waals surface area contributed by atoms with E-state index in [2.05, 4.69) is 49.1 Å². The van der Waals surface area contributed by atoms with Crippen molar-refractivity contribution in [2.24, 2.45) is 11.3 Å². The highest BCUT2D eigenvalue weighted by Crippen LogP contribution is 2.47. The van der Waals surface area contributed by atoms with Crippen molar-refractivity contribution < 1.29 is 14.3 Å². The molecule has 3 aliphatic heterocycles. The Balaban J connectivity index is 1.27. The molecular weight excluding hydrogens is 388 g/mol. The van der Waals surface area contributed by atoms with Gasteiger partial charge in [0.2, 0.25) is 0 Å². The zero-order valence-corrected chi connectivity index (χ0v) is 18.5. The van der Waals surface area contributed by atoms with E-state index in [-0.39, 0.29) is 11.3 Å². The molecule has 0 unspecified atom stereocenters. The van der Waals surface area contributed by atoms with Crippen LogP contribution in [-0.2, 0) is 26.5 Å². The number of piperidine rings is 1. The van der Waals surface area contributed by atoms with E-state index in [1.807, 2.05) is 29.2 Å². The lowest BCUT2D eigenvalue weighted by molar-refractivity contribution is -0.286. The first kappa shape index (κ1) is 20.7. The first-order chi connectivity index (χ1) is 15.0. The van der Waals surface area contributed by atoms with Crippen LogP contribution in [0.5, 0.6) is 0 Å². The second-order valence-corrected chi connectivity index (χ2v) is 10.0. The number of nitrogens with zero attached hydrogens (tertiary/aromatic N) is 2. The number of rotatable bonds is 4. The van der Waals surface area contributed by atoms with E-state index in [1.54, 1.807) is 0 Å². The molecule has 5 heteroatoms. The molecule has 2 aromatic rings. The molecule has 2 fully saturated rings. The predicted molar refractivity (Wildman–Crippen MR) is 121 cm³/mol. The SMILES string of the molecule is CC1(C)COC2(OC1)C(=O)N(CN1CCC(Cc3ccccc3)CC1)c1ccccc12. The number of ether oxygens (including phenoxy) is 2. The van der Waals surface area contributed by atoms with Crippen molar-refractivity contribution in [3.63, 3.8) is 0 Å². The molecule has 0 N–H and O–H groups in total. The summed E-state index contributed by atoms with van der Waals surface area (Å²) >= 11 is 0. The summed E-state index contributed by atoms with van der Waals surface area (Å²) in [5.74, 6) is -0.660. The van der Waals surface area contributed by atoms with Crippen LogP contribution < -0.4 is 4.90 Å². The fraction of sp³-hybridized carbons (Fsp3) is 0.500. The molecule has 1 spiro atoms. The predicted octanol–water partition coefficient (Wildman–Crippen LogP) is 4.17. The zero-order valence-electron chi connectivity index (χ0n) is 18.5. The minimum absolute atomic E-state index is 0.0874. The molecule has 0 aromatic heterocycles. The van der Waals surface area contributed by atoms with Crippen LogP contribution in [0.3, 0.4) is 0 Å². The number of anilines is 1. The van der Waals surface area contributed by atoms with Crippen LogP contribution in [0.2, 0.25) is 0 Å². The Hall–Kier alpha value is -2.21. The van der Waals surface area contributed by atoms with Crippen molar-refractivity contribution in [3.8, 4) is 0 Å². The van der Waals surface area contributed by atoms with E-state index in [0.29, 0.717) is 25.8 Å². The Morgan fingerprint density at radius 2 is 1.58 bits per heavy atom. The van der Waals surface area contributed by atoms with Gasteiger partial charge >= 0.3 is 0 Å². The topological polar surface area (TPSA) is 42.0 Å². The highest BCUT2D eigenvalue weighted by Gasteiger charge is 2.57. The molecule has 5 nitrogen and oxygen atoms in total. The molecule has 0 radical (unpaired) electrons. The van der Waals surface area contributed by atoms with Crippen molar-refractivity contribution in [1.29, 1.82) is 0 Å². The van der Waals surface area contributed by atoms with Crippen LogP contribution in [0.15, 0.2) is 54.6 Å². The van der Waals surface area contributed by atoms with Crippen molar-refractivity contribution in [2.75, 3.05) is 37.9 Å². The third kappa shape index (κ3) is 3.91. The van der Waals surface area contributed by atoms with Gasteiger partial charge in [-0.15, -0.1) is 0 Å². The average molecular weight is 421 g/mol. The van der Waals surface area contributed by atoms with Crippen molar-refractivity contribution in [1.82, 2.24) is 4.90 Å². The number of carbonyl (C=O) groups excluding carboxylic acids is 1. The fourth-order valence-corrected chi connectivity index (χ4v) is 4.97. The van der Waals surface area contributed by atoms with Crippen LogP contribution >= 0.6 is 0 Å². The lowest BCUT2D eigenvalue weighted by Gasteiger charge is -2.40. The maximum Gasteiger partial charge on any atom is 0.293 e. The molecule has 3 heterocycles. The van der Waals surface area contributed by atoms with E-state index in [9.17, 15) is 4.79 Å². The molecule has 2 saturated heterocycles. The Kier molecular flexibility index (Phi) is 5.37. The van der Waals surface area contributed by atoms with E-state index in [0.717, 1.165) is 43.6 Å². The molecule has 31 heavy (non-hydrogen) atoms. The van der Waals surface area contributed by atoms with Gasteiger partial charge in [0.15, 0.2) is 0 Å². The smallest absolute Gasteiger partial charge is 0.293 e. The number of fused-ring (bicyclic) bond motifs is 2. The van der Waals surface area contributed by atoms with Crippen LogP contribution in [0.1, 0.15) is 37.8 Å². The summed E-state index contributed by atoms with van der Waals surface area (Å²) in [4.78, 5) is 17.8. The molecule has 0 bridgehead atoms. The van der Waals surface area contributed by atoms with Gasteiger partial charge in [-0.05, 0) is 36.8 Å². The number of para-hydroxylation sites is 1. The Bertz CT molecular complexity index is 925. The van der Waals surface area contributed by atoms with Gasteiger partial charge in [0.05, 0.1) is 25.6 Å². The minimum atomic E-state index is -1.28. The second kappa shape index (κ2) is 8.05. The van der Waals surface area contributed by atoms with Gasteiger partial charge in [-0.2, -0.15) is 0 Å². The fourth-order valence-electron chi connectivity index (χ4n) is 4.97. The number of amides is 1. The number of hydrogen-bond acceptors (Lipinski definition) is 4. The number of carbonyl (C=O) groups is 1. The third-order valence-electron chi connectivity index (χ3n) is 6.82. The average Bonchev–Trinajstić information content (AvgIpc) is 3.01. The maximum atomic E-state index is 13.6. The standard InChI is InChI=1S/C26H32N2O3/c1-25(2)17-30-26(31-18-25)22-10-6-7-11-23(22)28(24(26)29)19-27-14-12-21(13-15-27)16-20-8-4-3-5-9-20/h3-11,21H,12-19H2,1-2H3. The number of benzene rings is 2. The summed E-state index contributed by atoms with van der Waals surface area (Å²) in [6, 6.07) is 18.7. The summed E-state index contributed by atoms with van der Waals surface area (Å²) < 4.78 is 12.3. The quantitative estimate of drug-likeness (QED) is 0.745. The van der Waals surface area contributed by atoms with Crippen LogP contribution in [0, 0.1) is 11.3 Å². The summed E-state index contributed by atoms with van der Waals surface area (Å²) in [6.07, 6.45) is 3.45. The Morgan fingerprint density at radius 3 is 2.29 bits per heavy atom. The Labute approximate surface area is 184 Å². The van der Waals surface area contributed by atoms with Gasteiger partial charge in [0.25, 0.3) is 11.7 Å². The second-order valence-electron chi connectivity index (χ2n) is 10.0. The van der Waals surface area contributed by atoms with Gasteiger partial charge in [-0.1, -0.05) is 62.4 Å². The summed E-state index contributed by atoms with van der Waals surface area (Å²) in [5.41, 5.74) is 3.09. The molecule has 2 aromatic carbocycles. The van der Waals surface area contributed by atoms with Crippen molar-refractivity contribution in [3.05, 3.63) is 65.7 Å². The molecular formula is C26H32N2O3. The molecule has 0 saturated carbocycles. The van der Waals surface area contributed by atoms with Crippen molar-refractivity contribution >= 4 is 11.6 Å². The van der Waals surface area contributed by atoms with E-state index < -0.39 is 5.79 Å². The highest BCUT2D eigenvalue weighted by atomic mass is 16.7. The molecule has 164 valence electrons. The maximum absolute atomic E-state index is 13.6. The minimum Gasteiger partial charge on any atom is -0.338 e. The van der Waals surface area contributed by atoms with Crippen LogP contribution in [0.25, 0.3) is 0 Å². The van der Waals surface area contributed by atoms with Gasteiger partial charge < -0.3 is 9.47 Å². The summed E-state index contributed by atoms with van der Waals surface area (Å²) in [6.45, 7) is 7.81. The van der Waals surface area contributed by atoms with E-state index in [4.69, 9.17) is 9.47 Å². The van der Waals surface area contributed by atoms with Gasteiger partial charge in [0.1, 0.15) is 0 Å². The van der Waals surface area contributed by atoms with Crippen LogP contribution in [-0.4, -0.2) is 43.8 Å². The number of likely N-dealkylation sites (tertiary alicyclic amines) is 1. The zero-order chi connectivity index (χ0) is 21.5. The summed E-state index contributed by atoms with van der Waals surface area (Å²) in [5, 5.41) is 0.